The number of aromatic carboxylic acids is 1. The van der Waals surface area contributed by atoms with E-state index in [1.54, 1.807) is 30.3 Å². The average molecular weight is 746 g/mol. The number of hydrogen-bond donors (Lipinski definition) is 2. The van der Waals surface area contributed by atoms with Crippen LogP contribution in [0, 0.1) is 5.82 Å². The first-order chi connectivity index (χ1) is 24.0. The number of carboxylic acids is 1. The van der Waals surface area contributed by atoms with Crippen LogP contribution in [0.15, 0.2) is 60.9 Å². The monoisotopic (exact) mass is 744 g/mol. The van der Waals surface area contributed by atoms with E-state index in [9.17, 15) is 19.9 Å². The van der Waals surface area contributed by atoms with E-state index in [4.69, 9.17) is 37.4 Å². The zero-order valence-electron chi connectivity index (χ0n) is 27.6. The molecule has 2 fully saturated rings. The van der Waals surface area contributed by atoms with Crippen LogP contribution in [0.25, 0.3) is 0 Å². The van der Waals surface area contributed by atoms with Crippen LogP contribution in [0.3, 0.4) is 0 Å². The maximum absolute atomic E-state index is 15.3. The molecule has 264 valence electrons. The molecule has 2 saturated heterocycles. The Hall–Kier alpha value is -4.10. The predicted molar refractivity (Wildman–Crippen MR) is 187 cm³/mol. The third kappa shape index (κ3) is 7.34. The van der Waals surface area contributed by atoms with Gasteiger partial charge >= 0.3 is 12.1 Å². The first kappa shape index (κ1) is 35.7. The molecule has 2 aliphatic rings. The van der Waals surface area contributed by atoms with E-state index >= 15 is 4.39 Å². The lowest BCUT2D eigenvalue weighted by molar-refractivity contribution is -0.904. The lowest BCUT2D eigenvalue weighted by Crippen LogP contribution is -2.45. The smallest absolute Gasteiger partial charge is 0.414 e. The average Bonchev–Trinajstić information content (AvgIpc) is 3.58. The highest BCUT2D eigenvalue weighted by molar-refractivity contribution is 7.14. The van der Waals surface area contributed by atoms with E-state index in [0.717, 1.165) is 28.9 Å². The van der Waals surface area contributed by atoms with Gasteiger partial charge in [0.05, 0.1) is 26.5 Å². The van der Waals surface area contributed by atoms with E-state index in [0.29, 0.717) is 58.0 Å². The number of para-hydroxylation sites is 1. The lowest BCUT2D eigenvalue weighted by Gasteiger charge is -2.36. The number of fused-ring (bicyclic) bond motifs is 2. The highest BCUT2D eigenvalue weighted by atomic mass is 35.5. The standard InChI is InChI=1S/C36H36Cl2FN3O7S/c1-40-21-9-10-22(40)14-23(13-21)49-36(45)42(31-7-5-4-6-30(31)39)17-24-15-26(34(50-24)35(43)44)25(16-27-28(37)18-41(46)19-29(27)38)20-8-11-32(47-2)33(12-20)48-3/h4-8,11-12,15,18-19,21-23,25H,9-10,13-14,16-17H2,1-3H3,(H-,43,44,46)/p+1/t21-,22+,23?,25-/m0/s1. The van der Waals surface area contributed by atoms with Gasteiger partial charge in [-0.15, -0.1) is 11.3 Å². The molecule has 0 radical (unpaired) electrons. The number of carbonyl (C=O) groups excluding carboxylic acids is 1. The molecule has 4 aromatic rings. The van der Waals surface area contributed by atoms with Crippen molar-refractivity contribution in [3.8, 4) is 11.5 Å². The van der Waals surface area contributed by atoms with Gasteiger partial charge in [0.2, 0.25) is 12.4 Å². The number of halogens is 3. The van der Waals surface area contributed by atoms with Crippen molar-refractivity contribution >= 4 is 52.3 Å². The van der Waals surface area contributed by atoms with Crippen molar-refractivity contribution in [2.75, 3.05) is 26.2 Å². The van der Waals surface area contributed by atoms with Crippen LogP contribution in [-0.2, 0) is 17.7 Å². The Morgan fingerprint density at radius 1 is 1.04 bits per heavy atom. The van der Waals surface area contributed by atoms with Gasteiger partial charge in [-0.2, -0.15) is 0 Å². The number of aromatic nitrogens is 1. The Balaban J connectivity index is 1.39. The normalized spacial score (nSPS) is 19.2. The number of carboxylic acid groups (broad SMARTS) is 1. The maximum atomic E-state index is 15.3. The minimum Gasteiger partial charge on any atom is -0.493 e. The van der Waals surface area contributed by atoms with Crippen LogP contribution < -0.4 is 19.1 Å². The molecule has 14 heteroatoms. The van der Waals surface area contributed by atoms with Crippen molar-refractivity contribution in [3.05, 3.63) is 103 Å². The first-order valence-corrected chi connectivity index (χ1v) is 17.6. The number of nitrogens with zero attached hydrogens (tertiary/aromatic N) is 3. The molecule has 1 amide bonds. The summed E-state index contributed by atoms with van der Waals surface area (Å²) in [5, 5.41) is 20.8. The third-order valence-electron chi connectivity index (χ3n) is 9.67. The maximum Gasteiger partial charge on any atom is 0.414 e. The number of piperidine rings is 1. The van der Waals surface area contributed by atoms with Crippen LogP contribution in [0.5, 0.6) is 11.5 Å². The number of anilines is 1. The summed E-state index contributed by atoms with van der Waals surface area (Å²) in [5.74, 6) is -1.52. The zero-order valence-corrected chi connectivity index (χ0v) is 30.0. The fraction of sp³-hybridized carbons (Fsp3) is 0.361. The summed E-state index contributed by atoms with van der Waals surface area (Å²) in [6.07, 6.45) is 5.19. The number of hydrogen-bond acceptors (Lipinski definition) is 8. The second kappa shape index (κ2) is 15.0. The molecule has 50 heavy (non-hydrogen) atoms. The summed E-state index contributed by atoms with van der Waals surface area (Å²) in [6.45, 7) is -0.139. The molecular weight excluding hydrogens is 708 g/mol. The van der Waals surface area contributed by atoms with Gasteiger partial charge < -0.3 is 24.2 Å². The highest BCUT2D eigenvalue weighted by Gasteiger charge is 2.40. The minimum absolute atomic E-state index is 0.0222. The topological polar surface area (TPSA) is 113 Å². The molecule has 10 nitrogen and oxygen atoms in total. The molecule has 2 aromatic carbocycles. The molecule has 4 atom stereocenters. The van der Waals surface area contributed by atoms with Crippen LogP contribution in [-0.4, -0.2) is 66.7 Å². The first-order valence-electron chi connectivity index (χ1n) is 16.1. The molecule has 2 N–H and O–H groups in total. The van der Waals surface area contributed by atoms with Crippen molar-refractivity contribution in [2.45, 2.75) is 62.8 Å². The Morgan fingerprint density at radius 3 is 2.32 bits per heavy atom. The van der Waals surface area contributed by atoms with E-state index in [-0.39, 0.29) is 39.7 Å². The summed E-state index contributed by atoms with van der Waals surface area (Å²) >= 11 is 14.1. The van der Waals surface area contributed by atoms with Gasteiger partial charge in [-0.05, 0) is 67.8 Å². The van der Waals surface area contributed by atoms with Crippen LogP contribution in [0.1, 0.15) is 62.8 Å². The number of methoxy groups -OCH3 is 2. The van der Waals surface area contributed by atoms with Gasteiger partial charge in [0.1, 0.15) is 26.8 Å². The highest BCUT2D eigenvalue weighted by Crippen LogP contribution is 2.42. The van der Waals surface area contributed by atoms with Crippen LogP contribution >= 0.6 is 34.5 Å². The lowest BCUT2D eigenvalue weighted by atomic mass is 9.85. The van der Waals surface area contributed by atoms with E-state index in [1.165, 1.54) is 49.7 Å². The number of amides is 1. The molecular formula is C36H37Cl2FN3O7S+. The summed E-state index contributed by atoms with van der Waals surface area (Å²) in [5.41, 5.74) is 1.60. The van der Waals surface area contributed by atoms with Gasteiger partial charge in [0.15, 0.2) is 11.5 Å². The Kier molecular flexibility index (Phi) is 10.7. The number of benzene rings is 2. The number of rotatable bonds is 11. The molecule has 4 heterocycles. The van der Waals surface area contributed by atoms with Crippen molar-refractivity contribution in [3.63, 3.8) is 0 Å². The SMILES string of the molecule is COc1ccc([C@H](Cc2c(Cl)c[n+](O)cc2Cl)c2cc(CN(C(=O)OC3C[C@H]4CC[C@@H](C3)N4C)c3ccccc3F)sc2C(=O)O)cc1OC. The summed E-state index contributed by atoms with van der Waals surface area (Å²) in [4.78, 5) is 30.8. The fourth-order valence-electron chi connectivity index (χ4n) is 7.12. The van der Waals surface area contributed by atoms with Crippen molar-refractivity contribution in [2.24, 2.45) is 0 Å². The zero-order chi connectivity index (χ0) is 35.7. The molecule has 0 aliphatic carbocycles. The Morgan fingerprint density at radius 2 is 1.70 bits per heavy atom. The molecule has 0 spiro atoms. The largest absolute Gasteiger partial charge is 0.493 e. The van der Waals surface area contributed by atoms with E-state index in [1.807, 2.05) is 0 Å². The van der Waals surface area contributed by atoms with Crippen molar-refractivity contribution in [1.29, 1.82) is 0 Å². The Labute approximate surface area is 303 Å². The van der Waals surface area contributed by atoms with Crippen molar-refractivity contribution < 1.29 is 43.2 Å². The van der Waals surface area contributed by atoms with E-state index < -0.39 is 23.8 Å². The third-order valence-corrected chi connectivity index (χ3v) is 11.4. The molecule has 1 unspecified atom stereocenters. The summed E-state index contributed by atoms with van der Waals surface area (Å²) < 4.78 is 33.1. The summed E-state index contributed by atoms with van der Waals surface area (Å²) in [6, 6.07) is 13.6. The summed E-state index contributed by atoms with van der Waals surface area (Å²) in [7, 11) is 5.11. The van der Waals surface area contributed by atoms with Gasteiger partial charge in [-0.25, -0.2) is 14.0 Å². The molecule has 6 rings (SSSR count). The molecule has 2 bridgehead atoms. The second-order valence-electron chi connectivity index (χ2n) is 12.6. The minimum atomic E-state index is -1.18. The molecule has 2 aliphatic heterocycles. The molecule has 0 saturated carbocycles. The fourth-order valence-corrected chi connectivity index (χ4v) is 8.77. The predicted octanol–water partition coefficient (Wildman–Crippen LogP) is 7.58. The van der Waals surface area contributed by atoms with Gasteiger partial charge in [0.25, 0.3) is 0 Å². The molecule has 2 aromatic heterocycles. The number of pyridine rings is 1. The van der Waals surface area contributed by atoms with E-state index in [2.05, 4.69) is 11.9 Å². The second-order valence-corrected chi connectivity index (χ2v) is 14.5. The van der Waals surface area contributed by atoms with Gasteiger partial charge in [0, 0.05) is 46.0 Å². The number of thiophene rings is 1. The number of ether oxygens (including phenoxy) is 3. The Bertz CT molecular complexity index is 1870. The van der Waals surface area contributed by atoms with Crippen LogP contribution in [0.4, 0.5) is 14.9 Å². The van der Waals surface area contributed by atoms with Crippen LogP contribution in [0.2, 0.25) is 10.0 Å². The number of carbonyl (C=O) groups is 2. The van der Waals surface area contributed by atoms with Crippen molar-refractivity contribution in [1.82, 2.24) is 4.90 Å². The van der Waals surface area contributed by atoms with Gasteiger partial charge in [-0.3, -0.25) is 10.1 Å². The van der Waals surface area contributed by atoms with Gasteiger partial charge in [-0.1, -0.05) is 41.4 Å². The quantitative estimate of drug-likeness (QED) is 0.120.